The van der Waals surface area contributed by atoms with Gasteiger partial charge in [0.25, 0.3) is 0 Å². The average Bonchev–Trinajstić information content (AvgIpc) is 1.83. The van der Waals surface area contributed by atoms with Crippen molar-refractivity contribution in [3.63, 3.8) is 0 Å². The number of hydrogen-bond donors (Lipinski definition) is 0. The molecule has 4 heteroatoms. The molecule has 2 nitrogen and oxygen atoms in total. The third-order valence-electron chi connectivity index (χ3n) is 1.66. The highest BCUT2D eigenvalue weighted by Crippen LogP contribution is 2.26. The predicted octanol–water partition coefficient (Wildman–Crippen LogP) is 2.91. The molecule has 1 heterocycles. The maximum Gasteiger partial charge on any atom is 0.246 e. The van der Waals surface area contributed by atoms with Crippen LogP contribution in [0.3, 0.4) is 0 Å². The highest BCUT2D eigenvalue weighted by atomic mass is 127. The molecule has 0 spiro atoms. The highest BCUT2D eigenvalue weighted by Gasteiger charge is 2.27. The second-order valence-electron chi connectivity index (χ2n) is 3.53. The van der Waals surface area contributed by atoms with Crippen LogP contribution in [0.15, 0.2) is 4.99 Å². The molecular weight excluding hydrogens is 285 g/mol. The lowest BCUT2D eigenvalue weighted by atomic mass is 9.98. The summed E-state index contributed by atoms with van der Waals surface area (Å²) >= 11 is 1.58. The molecule has 1 unspecified atom stereocenters. The molecule has 0 saturated heterocycles. The van der Waals surface area contributed by atoms with Gasteiger partial charge in [-0.05, 0) is 27.0 Å². The summed E-state index contributed by atoms with van der Waals surface area (Å²) in [6.45, 7) is 6.37. The van der Waals surface area contributed by atoms with Gasteiger partial charge in [0.2, 0.25) is 5.23 Å². The molecule has 1 rings (SSSR count). The van der Waals surface area contributed by atoms with Crippen LogP contribution >= 0.6 is 35.7 Å². The van der Waals surface area contributed by atoms with Crippen LogP contribution in [0.1, 0.15) is 27.2 Å². The van der Waals surface area contributed by atoms with Crippen LogP contribution in [0, 0.1) is 0 Å². The predicted molar refractivity (Wildman–Crippen MR) is 65.6 cm³/mol. The Balaban J connectivity index is 0.00000121. The number of thioether (sulfide) groups is 1. The fourth-order valence-electron chi connectivity index (χ4n) is 1.33. The molecular formula is C8H16INOS. The van der Waals surface area contributed by atoms with Gasteiger partial charge in [0.15, 0.2) is 0 Å². The van der Waals surface area contributed by atoms with E-state index in [1.165, 1.54) is 0 Å². The van der Waals surface area contributed by atoms with Crippen molar-refractivity contribution in [1.82, 2.24) is 0 Å². The van der Waals surface area contributed by atoms with E-state index in [0.717, 1.165) is 11.7 Å². The van der Waals surface area contributed by atoms with Crippen molar-refractivity contribution in [3.8, 4) is 0 Å². The summed E-state index contributed by atoms with van der Waals surface area (Å²) in [5.74, 6) is 0. The largest absolute Gasteiger partial charge is 0.470 e. The third-order valence-corrected chi connectivity index (χ3v) is 2.19. The summed E-state index contributed by atoms with van der Waals surface area (Å²) in [6.07, 6.45) is 3.31. The van der Waals surface area contributed by atoms with Crippen molar-refractivity contribution in [2.75, 3.05) is 6.26 Å². The average molecular weight is 301 g/mol. The molecule has 1 aliphatic heterocycles. The van der Waals surface area contributed by atoms with E-state index < -0.39 is 0 Å². The molecule has 0 aromatic heterocycles. The molecule has 0 bridgehead atoms. The molecule has 0 fully saturated rings. The van der Waals surface area contributed by atoms with Crippen molar-refractivity contribution >= 4 is 41.0 Å². The molecule has 1 atom stereocenters. The second kappa shape index (κ2) is 4.69. The van der Waals surface area contributed by atoms with Gasteiger partial charge in [-0.3, -0.25) is 0 Å². The van der Waals surface area contributed by atoms with Gasteiger partial charge in [0.05, 0.1) is 5.54 Å². The Hall–Kier alpha value is 0.550. The molecule has 0 radical (unpaired) electrons. The van der Waals surface area contributed by atoms with Gasteiger partial charge in [-0.15, -0.1) is 24.0 Å². The number of nitrogens with zero attached hydrogens (tertiary/aromatic N) is 1. The quantitative estimate of drug-likeness (QED) is 0.642. The third kappa shape index (κ3) is 3.51. The van der Waals surface area contributed by atoms with Gasteiger partial charge >= 0.3 is 0 Å². The van der Waals surface area contributed by atoms with Crippen LogP contribution in [0.4, 0.5) is 0 Å². The minimum Gasteiger partial charge on any atom is -0.470 e. The zero-order valence-corrected chi connectivity index (χ0v) is 11.1. The minimum absolute atomic E-state index is 0. The summed E-state index contributed by atoms with van der Waals surface area (Å²) < 4.78 is 5.48. The van der Waals surface area contributed by atoms with Crippen LogP contribution in [0.2, 0.25) is 0 Å². The Kier molecular flexibility index (Phi) is 4.91. The molecule has 72 valence electrons. The highest BCUT2D eigenvalue weighted by molar-refractivity contribution is 14.0. The molecule has 0 aromatic carbocycles. The fraction of sp³-hybridized carbons (Fsp3) is 0.875. The van der Waals surface area contributed by atoms with Crippen molar-refractivity contribution in [3.05, 3.63) is 0 Å². The lowest BCUT2D eigenvalue weighted by Crippen LogP contribution is -2.32. The smallest absolute Gasteiger partial charge is 0.246 e. The summed E-state index contributed by atoms with van der Waals surface area (Å²) in [4.78, 5) is 4.44. The van der Waals surface area contributed by atoms with E-state index in [0.29, 0.717) is 6.10 Å². The molecule has 0 aliphatic carbocycles. The van der Waals surface area contributed by atoms with Crippen LogP contribution < -0.4 is 0 Å². The Morgan fingerprint density at radius 3 is 2.58 bits per heavy atom. The molecule has 1 aliphatic rings. The Morgan fingerprint density at radius 2 is 2.17 bits per heavy atom. The minimum atomic E-state index is 0. The van der Waals surface area contributed by atoms with E-state index in [2.05, 4.69) is 25.8 Å². The Morgan fingerprint density at radius 1 is 1.58 bits per heavy atom. The lowest BCUT2D eigenvalue weighted by molar-refractivity contribution is 0.152. The second-order valence-corrected chi connectivity index (χ2v) is 4.28. The van der Waals surface area contributed by atoms with E-state index in [-0.39, 0.29) is 29.5 Å². The van der Waals surface area contributed by atoms with Crippen molar-refractivity contribution in [2.24, 2.45) is 4.99 Å². The molecule has 0 N–H and O–H groups in total. The summed E-state index contributed by atoms with van der Waals surface area (Å²) in [5.41, 5.74) is 0.0655. The SMILES string of the molecule is CSC1=NC(C)(C)CC(C)O1.I. The molecule has 0 aromatic rings. The maximum absolute atomic E-state index is 5.48. The maximum atomic E-state index is 5.48. The summed E-state index contributed by atoms with van der Waals surface area (Å²) in [5, 5.41) is 0.828. The molecule has 0 saturated carbocycles. The van der Waals surface area contributed by atoms with Crippen LogP contribution in [0.5, 0.6) is 0 Å². The number of halogens is 1. The van der Waals surface area contributed by atoms with Crippen LogP contribution in [-0.2, 0) is 4.74 Å². The Bertz CT molecular complexity index is 182. The van der Waals surface area contributed by atoms with E-state index in [1.807, 2.05) is 6.26 Å². The van der Waals surface area contributed by atoms with Gasteiger partial charge < -0.3 is 4.74 Å². The van der Waals surface area contributed by atoms with Crippen LogP contribution in [0.25, 0.3) is 0 Å². The topological polar surface area (TPSA) is 21.6 Å². The van der Waals surface area contributed by atoms with Gasteiger partial charge in [0.1, 0.15) is 6.10 Å². The first-order chi connectivity index (χ1) is 5.03. The number of aliphatic imine (C=N–C) groups is 1. The van der Waals surface area contributed by atoms with E-state index in [1.54, 1.807) is 11.8 Å². The van der Waals surface area contributed by atoms with Gasteiger partial charge in [-0.1, -0.05) is 11.8 Å². The summed E-state index contributed by atoms with van der Waals surface area (Å²) in [7, 11) is 0. The monoisotopic (exact) mass is 301 g/mol. The van der Waals surface area contributed by atoms with Crippen LogP contribution in [-0.4, -0.2) is 23.1 Å². The first kappa shape index (κ1) is 12.6. The summed E-state index contributed by atoms with van der Waals surface area (Å²) in [6, 6.07) is 0. The number of rotatable bonds is 0. The normalized spacial score (nSPS) is 26.7. The van der Waals surface area contributed by atoms with Crippen molar-refractivity contribution in [2.45, 2.75) is 38.8 Å². The van der Waals surface area contributed by atoms with Crippen molar-refractivity contribution < 1.29 is 4.74 Å². The standard InChI is InChI=1S/C8H15NOS.HI/c1-6-5-8(2,3)9-7(10-6)11-4;/h6H,5H2,1-4H3;1H. The first-order valence-corrected chi connectivity index (χ1v) is 5.06. The zero-order chi connectivity index (χ0) is 8.48. The number of hydrogen-bond acceptors (Lipinski definition) is 3. The van der Waals surface area contributed by atoms with E-state index in [9.17, 15) is 0 Å². The van der Waals surface area contributed by atoms with Gasteiger partial charge in [-0.25, -0.2) is 4.99 Å². The Labute approximate surface area is 95.6 Å². The number of ether oxygens (including phenoxy) is 1. The fourth-order valence-corrected chi connectivity index (χ4v) is 1.93. The molecule has 12 heavy (non-hydrogen) atoms. The zero-order valence-electron chi connectivity index (χ0n) is 7.96. The van der Waals surface area contributed by atoms with E-state index in [4.69, 9.17) is 4.74 Å². The van der Waals surface area contributed by atoms with Crippen molar-refractivity contribution in [1.29, 1.82) is 0 Å². The first-order valence-electron chi connectivity index (χ1n) is 3.84. The van der Waals surface area contributed by atoms with E-state index >= 15 is 0 Å². The lowest BCUT2D eigenvalue weighted by Gasteiger charge is -2.30. The van der Waals surface area contributed by atoms with Gasteiger partial charge in [0, 0.05) is 6.42 Å². The molecule has 0 amide bonds. The van der Waals surface area contributed by atoms with Gasteiger partial charge in [-0.2, -0.15) is 0 Å².